The molecule has 0 spiro atoms. The Balaban J connectivity index is 2.05. The average Bonchev–Trinajstić information content (AvgIpc) is 3.12. The number of nitrogens with zero attached hydrogens (tertiary/aromatic N) is 1. The molecule has 2 aliphatic carbocycles. The third-order valence-corrected chi connectivity index (χ3v) is 4.54. The van der Waals surface area contributed by atoms with Crippen molar-refractivity contribution in [1.82, 2.24) is 4.90 Å². The summed E-state index contributed by atoms with van der Waals surface area (Å²) in [6.07, 6.45) is 7.19. The van der Waals surface area contributed by atoms with Crippen LogP contribution in [0.25, 0.3) is 0 Å². The molecule has 2 saturated carbocycles. The van der Waals surface area contributed by atoms with Crippen LogP contribution in [0.1, 0.15) is 58.8 Å². The Kier molecular flexibility index (Phi) is 4.48. The van der Waals surface area contributed by atoms with Gasteiger partial charge in [0.1, 0.15) is 6.54 Å². The fraction of sp³-hybridized carbons (Fsp3) is 0.867. The summed E-state index contributed by atoms with van der Waals surface area (Å²) in [5, 5.41) is 0. The first kappa shape index (κ1) is 14.4. The van der Waals surface area contributed by atoms with Crippen molar-refractivity contribution in [3.8, 4) is 0 Å². The third-order valence-electron chi connectivity index (χ3n) is 4.54. The summed E-state index contributed by atoms with van der Waals surface area (Å²) in [5.41, 5.74) is -0.199. The summed E-state index contributed by atoms with van der Waals surface area (Å²) in [4.78, 5) is 26.3. The first-order valence-electron chi connectivity index (χ1n) is 7.59. The molecule has 0 bridgehead atoms. The second-order valence-corrected chi connectivity index (χ2v) is 5.81. The van der Waals surface area contributed by atoms with E-state index in [1.165, 1.54) is 0 Å². The number of hydrogen-bond donors (Lipinski definition) is 0. The number of rotatable bonds is 6. The molecule has 0 aromatic rings. The number of carbonyl (C=O) groups excluding carboxylic acids is 2. The fourth-order valence-electron chi connectivity index (χ4n) is 3.17. The van der Waals surface area contributed by atoms with Gasteiger partial charge in [-0.15, -0.1) is 0 Å². The van der Waals surface area contributed by atoms with Crippen LogP contribution in [0.15, 0.2) is 0 Å². The molecule has 0 unspecified atom stereocenters. The van der Waals surface area contributed by atoms with E-state index in [9.17, 15) is 9.59 Å². The zero-order valence-electron chi connectivity index (χ0n) is 12.1. The second kappa shape index (κ2) is 5.93. The van der Waals surface area contributed by atoms with Gasteiger partial charge in [-0.05, 0) is 39.0 Å². The highest BCUT2D eigenvalue weighted by atomic mass is 16.5. The van der Waals surface area contributed by atoms with E-state index in [0.717, 1.165) is 44.9 Å². The van der Waals surface area contributed by atoms with Crippen LogP contribution >= 0.6 is 0 Å². The molecule has 0 saturated heterocycles. The Bertz CT molecular complexity index is 343. The molecule has 0 aromatic heterocycles. The lowest BCUT2D eigenvalue weighted by molar-refractivity contribution is -0.153. The molecule has 4 nitrogen and oxygen atoms in total. The summed E-state index contributed by atoms with van der Waals surface area (Å²) in [5.74, 6) is -0.0740. The van der Waals surface area contributed by atoms with Crippen LogP contribution < -0.4 is 0 Å². The van der Waals surface area contributed by atoms with Gasteiger partial charge in [-0.25, -0.2) is 0 Å². The smallest absolute Gasteiger partial charge is 0.325 e. The van der Waals surface area contributed by atoms with Crippen LogP contribution in [0.2, 0.25) is 0 Å². The molecule has 0 atom stereocenters. The van der Waals surface area contributed by atoms with Gasteiger partial charge >= 0.3 is 5.97 Å². The molecule has 4 heteroatoms. The molecule has 0 aliphatic heterocycles. The highest BCUT2D eigenvalue weighted by Crippen LogP contribution is 2.44. The minimum Gasteiger partial charge on any atom is -0.465 e. The molecule has 0 N–H and O–H groups in total. The summed E-state index contributed by atoms with van der Waals surface area (Å²) in [6, 6.07) is 0.279. The van der Waals surface area contributed by atoms with Crippen LogP contribution in [0.4, 0.5) is 0 Å². The van der Waals surface area contributed by atoms with E-state index in [2.05, 4.69) is 6.92 Å². The van der Waals surface area contributed by atoms with Crippen molar-refractivity contribution in [3.63, 3.8) is 0 Å². The molecule has 2 rings (SSSR count). The molecule has 0 aromatic carbocycles. The fourth-order valence-corrected chi connectivity index (χ4v) is 3.17. The van der Waals surface area contributed by atoms with Gasteiger partial charge in [-0.1, -0.05) is 19.8 Å². The minimum absolute atomic E-state index is 0.138. The van der Waals surface area contributed by atoms with E-state index in [1.54, 1.807) is 11.8 Å². The molecule has 2 aliphatic rings. The first-order valence-corrected chi connectivity index (χ1v) is 7.59. The van der Waals surface area contributed by atoms with Gasteiger partial charge in [0.15, 0.2) is 0 Å². The summed E-state index contributed by atoms with van der Waals surface area (Å²) in [6.45, 7) is 4.41. The third kappa shape index (κ3) is 3.10. The average molecular weight is 267 g/mol. The van der Waals surface area contributed by atoms with Crippen molar-refractivity contribution in [1.29, 1.82) is 0 Å². The number of hydrogen-bond acceptors (Lipinski definition) is 3. The molecule has 2 fully saturated rings. The summed E-state index contributed by atoms with van der Waals surface area (Å²) < 4.78 is 5.00. The molecular formula is C15H25NO3. The summed E-state index contributed by atoms with van der Waals surface area (Å²) >= 11 is 0. The van der Waals surface area contributed by atoms with Crippen molar-refractivity contribution >= 4 is 11.9 Å². The topological polar surface area (TPSA) is 46.6 Å². The van der Waals surface area contributed by atoms with E-state index in [0.29, 0.717) is 6.61 Å². The maximum Gasteiger partial charge on any atom is 0.325 e. The largest absolute Gasteiger partial charge is 0.465 e. The molecule has 19 heavy (non-hydrogen) atoms. The predicted molar refractivity (Wildman–Crippen MR) is 72.6 cm³/mol. The summed E-state index contributed by atoms with van der Waals surface area (Å²) in [7, 11) is 0. The Morgan fingerprint density at radius 1 is 1.21 bits per heavy atom. The van der Waals surface area contributed by atoms with E-state index in [-0.39, 0.29) is 29.9 Å². The number of esters is 1. The lowest BCUT2D eigenvalue weighted by Crippen LogP contribution is -2.46. The maximum atomic E-state index is 12.8. The van der Waals surface area contributed by atoms with E-state index >= 15 is 0 Å². The van der Waals surface area contributed by atoms with E-state index in [4.69, 9.17) is 4.74 Å². The van der Waals surface area contributed by atoms with E-state index in [1.807, 2.05) is 0 Å². The van der Waals surface area contributed by atoms with Gasteiger partial charge in [-0.2, -0.15) is 0 Å². The monoisotopic (exact) mass is 267 g/mol. The Labute approximate surface area is 115 Å². The lowest BCUT2D eigenvalue weighted by Gasteiger charge is -2.33. The van der Waals surface area contributed by atoms with Gasteiger partial charge in [0.05, 0.1) is 6.61 Å². The molecule has 0 radical (unpaired) electrons. The standard InChI is InChI=1S/C15H25NO3/c1-3-15(9-5-6-10-15)14(18)16(12-7-8-12)11-13(17)19-4-2/h12H,3-11H2,1-2H3. The van der Waals surface area contributed by atoms with Crippen LogP contribution in [0.5, 0.6) is 0 Å². The normalized spacial score (nSPS) is 21.2. The van der Waals surface area contributed by atoms with Crippen molar-refractivity contribution < 1.29 is 14.3 Å². The van der Waals surface area contributed by atoms with Gasteiger partial charge < -0.3 is 9.64 Å². The van der Waals surface area contributed by atoms with Gasteiger partial charge in [-0.3, -0.25) is 9.59 Å². The van der Waals surface area contributed by atoms with Crippen LogP contribution in [0.3, 0.4) is 0 Å². The number of amides is 1. The Morgan fingerprint density at radius 2 is 1.84 bits per heavy atom. The zero-order valence-corrected chi connectivity index (χ0v) is 12.1. The van der Waals surface area contributed by atoms with Crippen molar-refractivity contribution in [2.75, 3.05) is 13.2 Å². The van der Waals surface area contributed by atoms with Crippen molar-refractivity contribution in [2.45, 2.75) is 64.8 Å². The molecule has 108 valence electrons. The minimum atomic E-state index is -0.271. The predicted octanol–water partition coefficient (Wildman–Crippen LogP) is 2.51. The molecule has 0 heterocycles. The first-order chi connectivity index (χ1) is 9.13. The van der Waals surface area contributed by atoms with Crippen molar-refractivity contribution in [2.24, 2.45) is 5.41 Å². The van der Waals surface area contributed by atoms with Crippen LogP contribution in [0, 0.1) is 5.41 Å². The lowest BCUT2D eigenvalue weighted by atomic mass is 9.81. The highest BCUT2D eigenvalue weighted by molar-refractivity contribution is 5.87. The van der Waals surface area contributed by atoms with Crippen LogP contribution in [-0.2, 0) is 14.3 Å². The van der Waals surface area contributed by atoms with Gasteiger partial charge in [0.2, 0.25) is 5.91 Å². The zero-order chi connectivity index (χ0) is 13.9. The quantitative estimate of drug-likeness (QED) is 0.695. The van der Waals surface area contributed by atoms with Gasteiger partial charge in [0.25, 0.3) is 0 Å². The SMILES string of the molecule is CCOC(=O)CN(C(=O)C1(CC)CCCC1)C1CC1. The molecular weight excluding hydrogens is 242 g/mol. The Hall–Kier alpha value is -1.06. The van der Waals surface area contributed by atoms with Crippen molar-refractivity contribution in [3.05, 3.63) is 0 Å². The van der Waals surface area contributed by atoms with Crippen LogP contribution in [-0.4, -0.2) is 36.0 Å². The van der Waals surface area contributed by atoms with E-state index < -0.39 is 0 Å². The number of ether oxygens (including phenoxy) is 1. The van der Waals surface area contributed by atoms with Gasteiger partial charge in [0, 0.05) is 11.5 Å². The molecule has 1 amide bonds. The second-order valence-electron chi connectivity index (χ2n) is 5.81. The Morgan fingerprint density at radius 3 is 2.32 bits per heavy atom. The maximum absolute atomic E-state index is 12.8. The number of carbonyl (C=O) groups is 2. The highest BCUT2D eigenvalue weighted by Gasteiger charge is 2.46.